The van der Waals surface area contributed by atoms with Crippen molar-refractivity contribution in [3.05, 3.63) is 51.2 Å². The standard InChI is InChI=1S/C19H24FN3OS/c1-3-17-13(2)25-18(22-17)10-11-21-19(24)23(15-8-9-15)12-14-6-4-5-7-16(14)20/h4-7,15H,3,8-12H2,1-2H3,(H,21,24). The number of hydrogen-bond donors (Lipinski definition) is 1. The first-order chi connectivity index (χ1) is 12.1. The molecule has 1 aliphatic rings. The highest BCUT2D eigenvalue weighted by atomic mass is 32.1. The molecule has 0 bridgehead atoms. The van der Waals surface area contributed by atoms with Gasteiger partial charge in [0.05, 0.1) is 17.2 Å². The number of urea groups is 1. The number of amides is 2. The van der Waals surface area contributed by atoms with Gasteiger partial charge in [-0.05, 0) is 32.3 Å². The van der Waals surface area contributed by atoms with Crippen molar-refractivity contribution in [1.29, 1.82) is 0 Å². The second-order valence-corrected chi connectivity index (χ2v) is 7.68. The van der Waals surface area contributed by atoms with Crippen molar-refractivity contribution < 1.29 is 9.18 Å². The largest absolute Gasteiger partial charge is 0.338 e. The van der Waals surface area contributed by atoms with Gasteiger partial charge in [-0.1, -0.05) is 25.1 Å². The molecule has 0 saturated heterocycles. The highest BCUT2D eigenvalue weighted by molar-refractivity contribution is 7.11. The fourth-order valence-electron chi connectivity index (χ4n) is 2.86. The van der Waals surface area contributed by atoms with Gasteiger partial charge in [0.2, 0.25) is 0 Å². The summed E-state index contributed by atoms with van der Waals surface area (Å²) < 4.78 is 13.9. The number of nitrogens with zero attached hydrogens (tertiary/aromatic N) is 2. The number of hydrogen-bond acceptors (Lipinski definition) is 3. The second kappa shape index (κ2) is 7.95. The maximum atomic E-state index is 13.9. The summed E-state index contributed by atoms with van der Waals surface area (Å²) in [5.74, 6) is -0.258. The maximum absolute atomic E-state index is 13.9. The maximum Gasteiger partial charge on any atom is 0.317 e. The third kappa shape index (κ3) is 4.57. The van der Waals surface area contributed by atoms with E-state index in [2.05, 4.69) is 24.1 Å². The van der Waals surface area contributed by atoms with Crippen molar-refractivity contribution in [3.63, 3.8) is 0 Å². The molecule has 1 N–H and O–H groups in total. The molecule has 2 amide bonds. The van der Waals surface area contributed by atoms with Crippen LogP contribution in [0.3, 0.4) is 0 Å². The molecule has 4 nitrogen and oxygen atoms in total. The Balaban J connectivity index is 1.55. The third-order valence-electron chi connectivity index (χ3n) is 4.43. The number of aryl methyl sites for hydroxylation is 2. The van der Waals surface area contributed by atoms with Gasteiger partial charge >= 0.3 is 6.03 Å². The number of thiazole rings is 1. The Labute approximate surface area is 152 Å². The normalized spacial score (nSPS) is 13.7. The van der Waals surface area contributed by atoms with Crippen LogP contribution in [0, 0.1) is 12.7 Å². The summed E-state index contributed by atoms with van der Waals surface area (Å²) in [6.45, 7) is 5.06. The first kappa shape index (κ1) is 17.9. The van der Waals surface area contributed by atoms with Crippen LogP contribution in [0.25, 0.3) is 0 Å². The van der Waals surface area contributed by atoms with E-state index in [9.17, 15) is 9.18 Å². The summed E-state index contributed by atoms with van der Waals surface area (Å²) in [5.41, 5.74) is 1.71. The molecule has 1 fully saturated rings. The average molecular weight is 361 g/mol. The van der Waals surface area contributed by atoms with Crippen molar-refractivity contribution in [3.8, 4) is 0 Å². The Morgan fingerprint density at radius 1 is 1.40 bits per heavy atom. The van der Waals surface area contributed by atoms with Gasteiger partial charge in [0.15, 0.2) is 0 Å². The van der Waals surface area contributed by atoms with Crippen LogP contribution in [0.1, 0.15) is 40.9 Å². The number of aromatic nitrogens is 1. The van der Waals surface area contributed by atoms with Gasteiger partial charge in [-0.15, -0.1) is 11.3 Å². The van der Waals surface area contributed by atoms with Crippen LogP contribution in [0.2, 0.25) is 0 Å². The lowest BCUT2D eigenvalue weighted by molar-refractivity contribution is 0.191. The molecule has 134 valence electrons. The third-order valence-corrected chi connectivity index (χ3v) is 5.51. The Morgan fingerprint density at radius 3 is 2.80 bits per heavy atom. The average Bonchev–Trinajstić information content (AvgIpc) is 3.37. The van der Waals surface area contributed by atoms with Gasteiger partial charge in [-0.25, -0.2) is 14.2 Å². The van der Waals surface area contributed by atoms with E-state index < -0.39 is 0 Å². The number of rotatable bonds is 7. The Bertz CT molecular complexity index is 742. The Hall–Kier alpha value is -1.95. The molecule has 0 unspecified atom stereocenters. The van der Waals surface area contributed by atoms with Gasteiger partial charge in [-0.3, -0.25) is 0 Å². The van der Waals surface area contributed by atoms with E-state index in [1.807, 2.05) is 0 Å². The minimum atomic E-state index is -0.258. The van der Waals surface area contributed by atoms with Crippen LogP contribution in [0.5, 0.6) is 0 Å². The molecule has 1 aromatic carbocycles. The van der Waals surface area contributed by atoms with Crippen molar-refractivity contribution in [2.24, 2.45) is 0 Å². The smallest absolute Gasteiger partial charge is 0.317 e. The zero-order valence-electron chi connectivity index (χ0n) is 14.7. The van der Waals surface area contributed by atoms with E-state index in [1.54, 1.807) is 34.4 Å². The van der Waals surface area contributed by atoms with E-state index in [0.29, 0.717) is 18.7 Å². The molecule has 25 heavy (non-hydrogen) atoms. The molecule has 6 heteroatoms. The van der Waals surface area contributed by atoms with Crippen LogP contribution in [0.15, 0.2) is 24.3 Å². The van der Waals surface area contributed by atoms with Crippen LogP contribution in [0.4, 0.5) is 9.18 Å². The molecular weight excluding hydrogens is 337 g/mol. The van der Waals surface area contributed by atoms with E-state index in [0.717, 1.165) is 36.4 Å². The summed E-state index contributed by atoms with van der Waals surface area (Å²) in [4.78, 5) is 20.1. The second-order valence-electron chi connectivity index (χ2n) is 6.40. The predicted octanol–water partition coefficient (Wildman–Crippen LogP) is 4.07. The molecule has 2 aromatic rings. The highest BCUT2D eigenvalue weighted by Crippen LogP contribution is 2.28. The molecule has 1 heterocycles. The summed E-state index contributed by atoms with van der Waals surface area (Å²) in [7, 11) is 0. The van der Waals surface area contributed by atoms with Crippen LogP contribution < -0.4 is 5.32 Å². The lowest BCUT2D eigenvalue weighted by atomic mass is 10.2. The number of carbonyl (C=O) groups is 1. The molecular formula is C19H24FN3OS. The van der Waals surface area contributed by atoms with E-state index in [-0.39, 0.29) is 17.9 Å². The molecule has 0 atom stereocenters. The summed E-state index contributed by atoms with van der Waals surface area (Å²) in [5, 5.41) is 4.03. The summed E-state index contributed by atoms with van der Waals surface area (Å²) in [6, 6.07) is 6.76. The number of halogens is 1. The zero-order valence-corrected chi connectivity index (χ0v) is 15.5. The predicted molar refractivity (Wildman–Crippen MR) is 98.3 cm³/mol. The Morgan fingerprint density at radius 2 is 2.16 bits per heavy atom. The van der Waals surface area contributed by atoms with Crippen LogP contribution in [-0.2, 0) is 19.4 Å². The fourth-order valence-corrected chi connectivity index (χ4v) is 3.88. The number of benzene rings is 1. The quantitative estimate of drug-likeness (QED) is 0.808. The Kier molecular flexibility index (Phi) is 5.68. The molecule has 3 rings (SSSR count). The summed E-state index contributed by atoms with van der Waals surface area (Å²) in [6.07, 6.45) is 3.66. The zero-order chi connectivity index (χ0) is 17.8. The summed E-state index contributed by atoms with van der Waals surface area (Å²) >= 11 is 1.70. The molecule has 1 aliphatic carbocycles. The molecule has 1 aromatic heterocycles. The lowest BCUT2D eigenvalue weighted by Gasteiger charge is -2.23. The van der Waals surface area contributed by atoms with Gasteiger partial charge in [0.1, 0.15) is 5.82 Å². The minimum Gasteiger partial charge on any atom is -0.338 e. The van der Waals surface area contributed by atoms with E-state index >= 15 is 0 Å². The highest BCUT2D eigenvalue weighted by Gasteiger charge is 2.32. The first-order valence-corrected chi connectivity index (χ1v) is 9.63. The number of nitrogens with one attached hydrogen (secondary N) is 1. The van der Waals surface area contributed by atoms with Crippen molar-refractivity contribution in [1.82, 2.24) is 15.2 Å². The monoisotopic (exact) mass is 361 g/mol. The van der Waals surface area contributed by atoms with Crippen LogP contribution in [-0.4, -0.2) is 28.5 Å². The van der Waals surface area contributed by atoms with Crippen molar-refractivity contribution in [2.75, 3.05) is 6.54 Å². The SMILES string of the molecule is CCc1nc(CCNC(=O)N(Cc2ccccc2F)C2CC2)sc1C. The van der Waals surface area contributed by atoms with Crippen LogP contribution >= 0.6 is 11.3 Å². The molecule has 0 radical (unpaired) electrons. The van der Waals surface area contributed by atoms with Crippen molar-refractivity contribution in [2.45, 2.75) is 52.1 Å². The molecule has 1 saturated carbocycles. The minimum absolute atomic E-state index is 0.116. The number of carbonyl (C=O) groups excluding carboxylic acids is 1. The van der Waals surface area contributed by atoms with E-state index in [4.69, 9.17) is 0 Å². The molecule has 0 spiro atoms. The van der Waals surface area contributed by atoms with Gasteiger partial charge in [-0.2, -0.15) is 0 Å². The topological polar surface area (TPSA) is 45.2 Å². The van der Waals surface area contributed by atoms with E-state index in [1.165, 1.54) is 10.9 Å². The fraction of sp³-hybridized carbons (Fsp3) is 0.474. The van der Waals surface area contributed by atoms with Crippen molar-refractivity contribution >= 4 is 17.4 Å². The van der Waals surface area contributed by atoms with Gasteiger partial charge in [0, 0.05) is 29.4 Å². The molecule has 0 aliphatic heterocycles. The first-order valence-electron chi connectivity index (χ1n) is 8.81. The lowest BCUT2D eigenvalue weighted by Crippen LogP contribution is -2.41. The van der Waals surface area contributed by atoms with Gasteiger partial charge in [0.25, 0.3) is 0 Å². The van der Waals surface area contributed by atoms with Gasteiger partial charge < -0.3 is 10.2 Å².